The Balaban J connectivity index is 4.08. The van der Waals surface area contributed by atoms with Crippen LogP contribution in [0.25, 0.3) is 0 Å². The number of hydrogen-bond donors (Lipinski definition) is 0. The van der Waals surface area contributed by atoms with Gasteiger partial charge >= 0.3 is 17.9 Å². The van der Waals surface area contributed by atoms with Crippen LogP contribution in [0.3, 0.4) is 0 Å². The van der Waals surface area contributed by atoms with Gasteiger partial charge in [0.1, 0.15) is 13.2 Å². The fourth-order valence-electron chi connectivity index (χ4n) is 6.93. The van der Waals surface area contributed by atoms with Crippen LogP contribution in [-0.4, -0.2) is 37.2 Å². The third kappa shape index (κ3) is 49.3. The molecule has 64 heavy (non-hydrogen) atoms. The minimum Gasteiger partial charge on any atom is -0.462 e. The van der Waals surface area contributed by atoms with Gasteiger partial charge in [-0.1, -0.05) is 227 Å². The number of esters is 3. The molecule has 1 unspecified atom stereocenters. The lowest BCUT2D eigenvalue weighted by molar-refractivity contribution is -0.167. The fourth-order valence-corrected chi connectivity index (χ4v) is 6.93. The molecule has 6 nitrogen and oxygen atoms in total. The number of ether oxygens (including phenoxy) is 3. The molecule has 0 aliphatic rings. The molecule has 0 aromatic heterocycles. The Morgan fingerprint density at radius 2 is 0.609 bits per heavy atom. The van der Waals surface area contributed by atoms with Crippen LogP contribution in [0.4, 0.5) is 0 Å². The third-order valence-corrected chi connectivity index (χ3v) is 10.9. The van der Waals surface area contributed by atoms with E-state index >= 15 is 0 Å². The van der Waals surface area contributed by atoms with Crippen molar-refractivity contribution in [1.82, 2.24) is 0 Å². The average molecular weight is 889 g/mol. The Labute approximate surface area is 394 Å². The van der Waals surface area contributed by atoms with E-state index in [0.29, 0.717) is 19.3 Å². The molecule has 0 bridgehead atoms. The van der Waals surface area contributed by atoms with Crippen molar-refractivity contribution in [1.29, 1.82) is 0 Å². The summed E-state index contributed by atoms with van der Waals surface area (Å²) in [4.78, 5) is 37.5. The van der Waals surface area contributed by atoms with Crippen LogP contribution in [0.15, 0.2) is 97.2 Å². The molecule has 0 aromatic rings. The Kier molecular flexibility index (Phi) is 49.0. The van der Waals surface area contributed by atoms with E-state index in [1.807, 2.05) is 0 Å². The van der Waals surface area contributed by atoms with Crippen LogP contribution in [0, 0.1) is 0 Å². The van der Waals surface area contributed by atoms with Gasteiger partial charge in [0.05, 0.1) is 0 Å². The summed E-state index contributed by atoms with van der Waals surface area (Å²) in [6.07, 6.45) is 68.7. The summed E-state index contributed by atoms with van der Waals surface area (Å²) >= 11 is 0. The van der Waals surface area contributed by atoms with Crippen LogP contribution >= 0.6 is 0 Å². The molecule has 0 spiro atoms. The summed E-state index contributed by atoms with van der Waals surface area (Å²) in [5, 5.41) is 0. The van der Waals surface area contributed by atoms with E-state index < -0.39 is 6.10 Å². The molecule has 364 valence electrons. The van der Waals surface area contributed by atoms with Crippen molar-refractivity contribution in [2.24, 2.45) is 0 Å². The number of rotatable bonds is 46. The molecular formula is C58H96O6. The van der Waals surface area contributed by atoms with Crippen molar-refractivity contribution < 1.29 is 28.6 Å². The minimum absolute atomic E-state index is 0.0815. The second-order valence-corrected chi connectivity index (χ2v) is 17.1. The zero-order valence-electron chi connectivity index (χ0n) is 41.5. The van der Waals surface area contributed by atoms with Crippen molar-refractivity contribution in [3.05, 3.63) is 97.2 Å². The first-order chi connectivity index (χ1) is 31.5. The molecule has 0 aliphatic heterocycles. The van der Waals surface area contributed by atoms with Crippen LogP contribution in [-0.2, 0) is 28.6 Å². The smallest absolute Gasteiger partial charge is 0.306 e. The monoisotopic (exact) mass is 889 g/mol. The molecule has 0 N–H and O–H groups in total. The van der Waals surface area contributed by atoms with Crippen molar-refractivity contribution >= 4 is 17.9 Å². The molecule has 0 radical (unpaired) electrons. The van der Waals surface area contributed by atoms with Crippen LogP contribution in [0.2, 0.25) is 0 Å². The van der Waals surface area contributed by atoms with E-state index in [-0.39, 0.29) is 31.1 Å². The van der Waals surface area contributed by atoms with E-state index in [9.17, 15) is 14.4 Å². The summed E-state index contributed by atoms with van der Waals surface area (Å²) in [7, 11) is 0. The fraction of sp³-hybridized carbons (Fsp3) is 0.672. The maximum atomic E-state index is 12.7. The van der Waals surface area contributed by atoms with Gasteiger partial charge in [-0.25, -0.2) is 0 Å². The first-order valence-corrected chi connectivity index (χ1v) is 26.2. The van der Waals surface area contributed by atoms with Crippen LogP contribution in [0.5, 0.6) is 0 Å². The first kappa shape index (κ1) is 60.3. The summed E-state index contributed by atoms with van der Waals surface area (Å²) in [6.45, 7) is 6.40. The quantitative estimate of drug-likeness (QED) is 0.0262. The summed E-state index contributed by atoms with van der Waals surface area (Å²) in [5.74, 6) is -0.916. The van der Waals surface area contributed by atoms with Gasteiger partial charge in [-0.15, -0.1) is 0 Å². The summed E-state index contributed by atoms with van der Waals surface area (Å²) in [6, 6.07) is 0. The number of carbonyl (C=O) groups excluding carboxylic acids is 3. The van der Waals surface area contributed by atoms with E-state index in [4.69, 9.17) is 14.2 Å². The van der Waals surface area contributed by atoms with Gasteiger partial charge in [-0.3, -0.25) is 14.4 Å². The lowest BCUT2D eigenvalue weighted by atomic mass is 10.1. The Morgan fingerprint density at radius 3 is 0.953 bits per heavy atom. The van der Waals surface area contributed by atoms with Gasteiger partial charge in [-0.05, 0) is 83.5 Å². The lowest BCUT2D eigenvalue weighted by Gasteiger charge is -2.18. The molecule has 6 heteroatoms. The Bertz CT molecular complexity index is 1300. The van der Waals surface area contributed by atoms with E-state index in [0.717, 1.165) is 128 Å². The SMILES string of the molecule is CC/C=C\C/C=C\C/C=C\C/C=C\C/C=C\C/C=C\C/C=C\C/C=C\CCCCCCCCC(=O)OCC(COC(=O)CCCCCCC)OC(=O)CCCCCCCCCCCC. The first-order valence-electron chi connectivity index (χ1n) is 26.2. The predicted octanol–water partition coefficient (Wildman–Crippen LogP) is 17.4. The highest BCUT2D eigenvalue weighted by Gasteiger charge is 2.19. The zero-order chi connectivity index (χ0) is 46.5. The molecule has 0 saturated carbocycles. The average Bonchev–Trinajstić information content (AvgIpc) is 3.29. The Hall–Kier alpha value is -3.67. The van der Waals surface area contributed by atoms with Crippen molar-refractivity contribution in [3.8, 4) is 0 Å². The summed E-state index contributed by atoms with van der Waals surface area (Å²) in [5.41, 5.74) is 0. The van der Waals surface area contributed by atoms with Gasteiger partial charge in [0.15, 0.2) is 6.10 Å². The summed E-state index contributed by atoms with van der Waals surface area (Å²) < 4.78 is 16.6. The van der Waals surface area contributed by atoms with E-state index in [1.54, 1.807) is 0 Å². The van der Waals surface area contributed by atoms with Crippen molar-refractivity contribution in [2.75, 3.05) is 13.2 Å². The van der Waals surface area contributed by atoms with Gasteiger partial charge in [0.2, 0.25) is 0 Å². The molecule has 0 aromatic carbocycles. The molecule has 0 amide bonds. The zero-order valence-corrected chi connectivity index (χ0v) is 41.5. The van der Waals surface area contributed by atoms with Gasteiger partial charge < -0.3 is 14.2 Å². The molecule has 0 rings (SSSR count). The van der Waals surface area contributed by atoms with Crippen LogP contribution < -0.4 is 0 Å². The number of carbonyl (C=O) groups is 3. The second-order valence-electron chi connectivity index (χ2n) is 17.1. The Morgan fingerprint density at radius 1 is 0.328 bits per heavy atom. The molecule has 0 fully saturated rings. The van der Waals surface area contributed by atoms with Crippen LogP contribution in [0.1, 0.15) is 233 Å². The molecule has 0 aliphatic carbocycles. The highest BCUT2D eigenvalue weighted by molar-refractivity contribution is 5.71. The number of allylic oxidation sites excluding steroid dienone is 16. The van der Waals surface area contributed by atoms with Crippen molar-refractivity contribution in [2.45, 2.75) is 239 Å². The molecule has 0 heterocycles. The van der Waals surface area contributed by atoms with Gasteiger partial charge in [0.25, 0.3) is 0 Å². The normalized spacial score (nSPS) is 12.9. The second kappa shape index (κ2) is 52.0. The highest BCUT2D eigenvalue weighted by atomic mass is 16.6. The maximum absolute atomic E-state index is 12.7. The number of unbranched alkanes of at least 4 members (excludes halogenated alkanes) is 19. The molecule has 0 saturated heterocycles. The van der Waals surface area contributed by atoms with E-state index in [1.165, 1.54) is 64.2 Å². The topological polar surface area (TPSA) is 78.9 Å². The van der Waals surface area contributed by atoms with E-state index in [2.05, 4.69) is 118 Å². The maximum Gasteiger partial charge on any atom is 0.306 e. The standard InChI is InChI=1S/C58H96O6/c1-4-7-10-13-15-17-19-20-21-22-23-24-25-26-27-28-29-30-31-32-33-34-35-36-37-38-39-41-42-45-48-51-57(60)63-54-55(53-62-56(59)50-47-44-12-9-6-3)64-58(61)52-49-46-43-40-18-16-14-11-8-5-2/h7,10,15,17,20-21,23-24,26-27,29-30,32-33,35-36,55H,4-6,8-9,11-14,16,18-19,22,25,28,31,34,37-54H2,1-3H3/b10-7-,17-15-,21-20-,24-23-,27-26-,30-29-,33-32-,36-35-. The number of hydrogen-bond acceptors (Lipinski definition) is 6. The predicted molar refractivity (Wildman–Crippen MR) is 274 cm³/mol. The van der Waals surface area contributed by atoms with Gasteiger partial charge in [-0.2, -0.15) is 0 Å². The highest BCUT2D eigenvalue weighted by Crippen LogP contribution is 2.14. The molecular weight excluding hydrogens is 793 g/mol. The lowest BCUT2D eigenvalue weighted by Crippen LogP contribution is -2.30. The third-order valence-electron chi connectivity index (χ3n) is 10.9. The molecule has 1 atom stereocenters. The van der Waals surface area contributed by atoms with Crippen molar-refractivity contribution in [3.63, 3.8) is 0 Å². The largest absolute Gasteiger partial charge is 0.462 e. The minimum atomic E-state index is -0.776. The van der Waals surface area contributed by atoms with Gasteiger partial charge in [0, 0.05) is 19.3 Å².